The van der Waals surface area contributed by atoms with Crippen LogP contribution in [0.5, 0.6) is 0 Å². The third-order valence-corrected chi connectivity index (χ3v) is 5.06. The monoisotopic (exact) mass is 318 g/mol. The van der Waals surface area contributed by atoms with Gasteiger partial charge in [-0.05, 0) is 62.8 Å². The Kier molecular flexibility index (Phi) is 4.37. The van der Waals surface area contributed by atoms with Crippen molar-refractivity contribution in [3.05, 3.63) is 30.1 Å². The van der Waals surface area contributed by atoms with Gasteiger partial charge < -0.3 is 10.2 Å². The fourth-order valence-electron chi connectivity index (χ4n) is 3.41. The van der Waals surface area contributed by atoms with Gasteiger partial charge in [-0.3, -0.25) is 9.59 Å². The molecule has 124 valence electrons. The van der Waals surface area contributed by atoms with Crippen molar-refractivity contribution in [2.75, 3.05) is 11.9 Å². The van der Waals surface area contributed by atoms with Crippen LogP contribution in [0.1, 0.15) is 45.4 Å². The number of nitrogens with one attached hydrogen (secondary N) is 1. The Bertz CT molecular complexity index is 596. The first-order valence-corrected chi connectivity index (χ1v) is 8.45. The number of piperidine rings is 1. The number of nitrogens with zero attached hydrogens (tertiary/aromatic N) is 1. The molecule has 23 heavy (non-hydrogen) atoms. The molecule has 1 aromatic rings. The number of hydrogen-bond donors (Lipinski definition) is 1. The van der Waals surface area contributed by atoms with Crippen LogP contribution in [0.25, 0.3) is 0 Å². The number of benzene rings is 1. The highest BCUT2D eigenvalue weighted by atomic mass is 19.1. The van der Waals surface area contributed by atoms with Crippen LogP contribution in [0, 0.1) is 11.2 Å². The van der Waals surface area contributed by atoms with E-state index in [2.05, 4.69) is 12.2 Å². The minimum absolute atomic E-state index is 0.0244. The molecular weight excluding hydrogens is 295 g/mol. The molecule has 1 aliphatic heterocycles. The summed E-state index contributed by atoms with van der Waals surface area (Å²) in [6.07, 6.45) is 5.33. The molecule has 4 nitrogen and oxygen atoms in total. The third-order valence-electron chi connectivity index (χ3n) is 5.06. The van der Waals surface area contributed by atoms with Gasteiger partial charge in [-0.1, -0.05) is 6.92 Å². The summed E-state index contributed by atoms with van der Waals surface area (Å²) in [4.78, 5) is 27.5. The molecule has 1 heterocycles. The second kappa shape index (κ2) is 6.30. The zero-order chi connectivity index (χ0) is 16.4. The molecule has 1 atom stereocenters. The number of halogens is 1. The molecule has 1 unspecified atom stereocenters. The Hall–Kier alpha value is -1.91. The van der Waals surface area contributed by atoms with Crippen LogP contribution in [0.2, 0.25) is 0 Å². The predicted molar refractivity (Wildman–Crippen MR) is 86.3 cm³/mol. The number of likely N-dealkylation sites (tertiary alicyclic amines) is 1. The number of carbonyl (C=O) groups is 2. The molecule has 1 aliphatic carbocycles. The third kappa shape index (κ3) is 3.09. The Morgan fingerprint density at radius 3 is 2.57 bits per heavy atom. The molecule has 3 rings (SSSR count). The largest absolute Gasteiger partial charge is 0.339 e. The minimum Gasteiger partial charge on any atom is -0.339 e. The second-order valence-corrected chi connectivity index (χ2v) is 6.60. The van der Waals surface area contributed by atoms with E-state index in [-0.39, 0.29) is 23.7 Å². The van der Waals surface area contributed by atoms with Crippen molar-refractivity contribution in [1.29, 1.82) is 0 Å². The van der Waals surface area contributed by atoms with E-state index in [0.29, 0.717) is 18.5 Å². The fourth-order valence-corrected chi connectivity index (χ4v) is 3.41. The zero-order valence-corrected chi connectivity index (χ0v) is 13.5. The lowest BCUT2D eigenvalue weighted by molar-refractivity contribution is -0.145. The van der Waals surface area contributed by atoms with E-state index < -0.39 is 5.41 Å². The molecule has 0 spiro atoms. The molecule has 2 amide bonds. The summed E-state index contributed by atoms with van der Waals surface area (Å²) in [5, 5.41) is 2.77. The van der Waals surface area contributed by atoms with Gasteiger partial charge in [0, 0.05) is 18.3 Å². The highest BCUT2D eigenvalue weighted by molar-refractivity contribution is 6.13. The SMILES string of the molecule is CCC1CCCCN1C(=O)C1(C(=O)Nc2ccc(F)cc2)CC1. The van der Waals surface area contributed by atoms with Crippen LogP contribution in [0.15, 0.2) is 24.3 Å². The van der Waals surface area contributed by atoms with Gasteiger partial charge in [0.15, 0.2) is 0 Å². The quantitative estimate of drug-likeness (QED) is 0.866. The highest BCUT2D eigenvalue weighted by Gasteiger charge is 2.58. The summed E-state index contributed by atoms with van der Waals surface area (Å²) in [6.45, 7) is 2.84. The lowest BCUT2D eigenvalue weighted by atomic mass is 9.95. The van der Waals surface area contributed by atoms with Gasteiger partial charge in [0.05, 0.1) is 0 Å². The summed E-state index contributed by atoms with van der Waals surface area (Å²) in [6, 6.07) is 5.89. The Balaban J connectivity index is 1.71. The van der Waals surface area contributed by atoms with Gasteiger partial charge in [0.2, 0.25) is 11.8 Å². The van der Waals surface area contributed by atoms with Crippen molar-refractivity contribution in [2.24, 2.45) is 5.41 Å². The van der Waals surface area contributed by atoms with E-state index in [1.807, 2.05) is 4.90 Å². The fraction of sp³-hybridized carbons (Fsp3) is 0.556. The number of amides is 2. The smallest absolute Gasteiger partial charge is 0.240 e. The molecule has 0 bridgehead atoms. The lowest BCUT2D eigenvalue weighted by Crippen LogP contribution is -2.49. The molecule has 1 N–H and O–H groups in total. The summed E-state index contributed by atoms with van der Waals surface area (Å²) < 4.78 is 13.0. The van der Waals surface area contributed by atoms with Gasteiger partial charge in [0.1, 0.15) is 11.2 Å². The van der Waals surface area contributed by atoms with Gasteiger partial charge in [-0.15, -0.1) is 0 Å². The lowest BCUT2D eigenvalue weighted by Gasteiger charge is -2.37. The predicted octanol–water partition coefficient (Wildman–Crippen LogP) is 3.34. The highest BCUT2D eigenvalue weighted by Crippen LogP contribution is 2.49. The summed E-state index contributed by atoms with van der Waals surface area (Å²) >= 11 is 0. The Morgan fingerprint density at radius 2 is 1.96 bits per heavy atom. The van der Waals surface area contributed by atoms with Crippen LogP contribution >= 0.6 is 0 Å². The van der Waals surface area contributed by atoms with Crippen molar-refractivity contribution >= 4 is 17.5 Å². The average molecular weight is 318 g/mol. The van der Waals surface area contributed by atoms with Gasteiger partial charge >= 0.3 is 0 Å². The molecular formula is C18H23FN2O2. The maximum atomic E-state index is 13.0. The van der Waals surface area contributed by atoms with Crippen LogP contribution < -0.4 is 5.32 Å². The first-order chi connectivity index (χ1) is 11.1. The van der Waals surface area contributed by atoms with E-state index in [1.165, 1.54) is 24.3 Å². The number of carbonyl (C=O) groups excluding carboxylic acids is 2. The Labute approximate surface area is 136 Å². The van der Waals surface area contributed by atoms with Crippen LogP contribution in [-0.4, -0.2) is 29.3 Å². The second-order valence-electron chi connectivity index (χ2n) is 6.60. The Morgan fingerprint density at radius 1 is 1.26 bits per heavy atom. The van der Waals surface area contributed by atoms with Crippen molar-refractivity contribution in [2.45, 2.75) is 51.5 Å². The van der Waals surface area contributed by atoms with Crippen LogP contribution in [0.4, 0.5) is 10.1 Å². The number of rotatable bonds is 4. The average Bonchev–Trinajstić information content (AvgIpc) is 3.38. The molecule has 2 fully saturated rings. The summed E-state index contributed by atoms with van der Waals surface area (Å²) in [5.74, 6) is -0.627. The molecule has 0 radical (unpaired) electrons. The van der Waals surface area contributed by atoms with E-state index in [9.17, 15) is 14.0 Å². The standard InChI is InChI=1S/C18H23FN2O2/c1-2-15-5-3-4-12-21(15)17(23)18(10-11-18)16(22)20-14-8-6-13(19)7-9-14/h6-9,15H,2-5,10-12H2,1H3,(H,20,22). The summed E-state index contributed by atoms with van der Waals surface area (Å²) in [7, 11) is 0. The molecule has 0 aromatic heterocycles. The van der Waals surface area contributed by atoms with Crippen molar-refractivity contribution in [3.8, 4) is 0 Å². The van der Waals surface area contributed by atoms with Gasteiger partial charge in [-0.25, -0.2) is 4.39 Å². The zero-order valence-electron chi connectivity index (χ0n) is 13.5. The summed E-state index contributed by atoms with van der Waals surface area (Å²) in [5.41, 5.74) is -0.375. The molecule has 1 saturated carbocycles. The van der Waals surface area contributed by atoms with E-state index in [1.54, 1.807) is 0 Å². The minimum atomic E-state index is -0.904. The van der Waals surface area contributed by atoms with Gasteiger partial charge in [0.25, 0.3) is 0 Å². The van der Waals surface area contributed by atoms with E-state index in [0.717, 1.165) is 32.2 Å². The first kappa shape index (κ1) is 16.0. The van der Waals surface area contributed by atoms with E-state index >= 15 is 0 Å². The normalized spacial score (nSPS) is 22.5. The first-order valence-electron chi connectivity index (χ1n) is 8.45. The topological polar surface area (TPSA) is 49.4 Å². The maximum Gasteiger partial charge on any atom is 0.240 e. The molecule has 5 heteroatoms. The maximum absolute atomic E-state index is 13.0. The van der Waals surface area contributed by atoms with Crippen LogP contribution in [0.3, 0.4) is 0 Å². The number of hydrogen-bond acceptors (Lipinski definition) is 2. The van der Waals surface area contributed by atoms with E-state index in [4.69, 9.17) is 0 Å². The number of anilines is 1. The molecule has 2 aliphatic rings. The van der Waals surface area contributed by atoms with Gasteiger partial charge in [-0.2, -0.15) is 0 Å². The molecule has 1 saturated heterocycles. The van der Waals surface area contributed by atoms with Crippen molar-refractivity contribution < 1.29 is 14.0 Å². The van der Waals surface area contributed by atoms with Crippen molar-refractivity contribution in [3.63, 3.8) is 0 Å². The van der Waals surface area contributed by atoms with Crippen LogP contribution in [-0.2, 0) is 9.59 Å². The molecule has 1 aromatic carbocycles. The van der Waals surface area contributed by atoms with Crippen molar-refractivity contribution in [1.82, 2.24) is 4.90 Å².